The quantitative estimate of drug-likeness (QED) is 0.361. The molecule has 1 aliphatic heterocycles. The van der Waals surface area contributed by atoms with Gasteiger partial charge in [0.25, 0.3) is 5.91 Å². The van der Waals surface area contributed by atoms with Crippen molar-refractivity contribution in [3.63, 3.8) is 0 Å². The van der Waals surface area contributed by atoms with Crippen molar-refractivity contribution in [1.29, 1.82) is 5.41 Å². The lowest BCUT2D eigenvalue weighted by atomic mass is 9.90. The number of nitrogens with one attached hydrogen (secondary N) is 1. The van der Waals surface area contributed by atoms with Crippen LogP contribution in [0, 0.1) is 5.41 Å². The summed E-state index contributed by atoms with van der Waals surface area (Å²) >= 11 is 0. The second kappa shape index (κ2) is 8.18. The molecular weight excluding hydrogens is 362 g/mol. The number of urea groups is 1. The molecule has 26 heavy (non-hydrogen) atoms. The van der Waals surface area contributed by atoms with E-state index >= 15 is 0 Å². The summed E-state index contributed by atoms with van der Waals surface area (Å²) in [6.07, 6.45) is 0. The standard InChI is InChI=1S/C17H21N3O5.ClH/c1-5-25-14(18)11-6-8-12(9-7-11)17(2)15(22)20(10-13(21)24-4)16(23)19(17)3;/h6-9,18H,5,10H2,1-4H3;1H/t17-;/m0./s1. The van der Waals surface area contributed by atoms with E-state index < -0.39 is 30.0 Å². The van der Waals surface area contributed by atoms with E-state index in [1.54, 1.807) is 38.1 Å². The Kier molecular flexibility index (Phi) is 6.74. The molecule has 0 bridgehead atoms. The zero-order valence-electron chi connectivity index (χ0n) is 15.1. The first kappa shape index (κ1) is 21.4. The molecule has 0 unspecified atom stereocenters. The maximum atomic E-state index is 12.8. The van der Waals surface area contributed by atoms with Gasteiger partial charge in [0.05, 0.1) is 13.7 Å². The van der Waals surface area contributed by atoms with Crippen LogP contribution in [0.5, 0.6) is 0 Å². The summed E-state index contributed by atoms with van der Waals surface area (Å²) in [6, 6.07) is 6.10. The van der Waals surface area contributed by atoms with E-state index in [0.29, 0.717) is 17.7 Å². The van der Waals surface area contributed by atoms with Crippen molar-refractivity contribution in [1.82, 2.24) is 9.80 Å². The SMILES string of the molecule is CCOC(=N)c1ccc([C@@]2(C)C(=O)N(CC(=O)OC)C(=O)N2C)cc1.Cl. The van der Waals surface area contributed by atoms with Crippen LogP contribution < -0.4 is 0 Å². The highest BCUT2D eigenvalue weighted by Gasteiger charge is 2.54. The zero-order chi connectivity index (χ0) is 18.8. The first-order chi connectivity index (χ1) is 11.8. The molecule has 1 heterocycles. The maximum Gasteiger partial charge on any atom is 0.328 e. The smallest absolute Gasteiger partial charge is 0.328 e. The Balaban J connectivity index is 0.00000338. The number of ether oxygens (including phenoxy) is 2. The average Bonchev–Trinajstić information content (AvgIpc) is 2.78. The molecule has 1 aromatic carbocycles. The summed E-state index contributed by atoms with van der Waals surface area (Å²) in [6.45, 7) is 3.36. The minimum absolute atomic E-state index is 0. The highest BCUT2D eigenvalue weighted by Crippen LogP contribution is 2.36. The van der Waals surface area contributed by atoms with Crippen LogP contribution in [0.25, 0.3) is 0 Å². The molecule has 0 saturated carbocycles. The molecule has 1 aromatic rings. The molecule has 142 valence electrons. The molecular formula is C17H22ClN3O5. The molecule has 0 radical (unpaired) electrons. The molecule has 0 spiro atoms. The fraction of sp³-hybridized carbons (Fsp3) is 0.412. The number of likely N-dealkylation sites (N-methyl/N-ethyl adjacent to an activating group) is 1. The lowest BCUT2D eigenvalue weighted by Gasteiger charge is -2.29. The van der Waals surface area contributed by atoms with E-state index in [4.69, 9.17) is 10.1 Å². The van der Waals surface area contributed by atoms with Crippen molar-refractivity contribution >= 4 is 36.2 Å². The van der Waals surface area contributed by atoms with Gasteiger partial charge in [0.1, 0.15) is 12.1 Å². The lowest BCUT2D eigenvalue weighted by Crippen LogP contribution is -2.42. The van der Waals surface area contributed by atoms with Gasteiger partial charge in [-0.2, -0.15) is 0 Å². The topological polar surface area (TPSA) is 100 Å². The van der Waals surface area contributed by atoms with Gasteiger partial charge in [-0.05, 0) is 31.5 Å². The molecule has 9 heteroatoms. The van der Waals surface area contributed by atoms with Gasteiger partial charge in [-0.1, -0.05) is 12.1 Å². The van der Waals surface area contributed by atoms with E-state index in [9.17, 15) is 14.4 Å². The van der Waals surface area contributed by atoms with Crippen molar-refractivity contribution in [2.45, 2.75) is 19.4 Å². The van der Waals surface area contributed by atoms with Gasteiger partial charge in [0.15, 0.2) is 0 Å². The highest BCUT2D eigenvalue weighted by molar-refractivity contribution is 6.08. The lowest BCUT2D eigenvalue weighted by molar-refractivity contribution is -0.145. The number of nitrogens with zero attached hydrogens (tertiary/aromatic N) is 2. The van der Waals surface area contributed by atoms with Crippen LogP contribution in [0.3, 0.4) is 0 Å². The highest BCUT2D eigenvalue weighted by atomic mass is 35.5. The molecule has 1 saturated heterocycles. The molecule has 3 amide bonds. The van der Waals surface area contributed by atoms with Gasteiger partial charge in [-0.25, -0.2) is 4.79 Å². The van der Waals surface area contributed by atoms with Crippen molar-refractivity contribution in [3.8, 4) is 0 Å². The number of rotatable bonds is 5. The fourth-order valence-corrected chi connectivity index (χ4v) is 2.69. The molecule has 0 aromatic heterocycles. The second-order valence-electron chi connectivity index (χ2n) is 5.72. The number of methoxy groups -OCH3 is 1. The van der Waals surface area contributed by atoms with Crippen molar-refractivity contribution in [2.24, 2.45) is 0 Å². The minimum atomic E-state index is -1.24. The maximum absolute atomic E-state index is 12.8. The first-order valence-electron chi connectivity index (χ1n) is 7.76. The Hall–Kier alpha value is -2.61. The van der Waals surface area contributed by atoms with Crippen LogP contribution in [0.4, 0.5) is 4.79 Å². The molecule has 1 aliphatic rings. The minimum Gasteiger partial charge on any atom is -0.478 e. The summed E-state index contributed by atoms with van der Waals surface area (Å²) < 4.78 is 9.68. The third-order valence-electron chi connectivity index (χ3n) is 4.36. The van der Waals surface area contributed by atoms with Gasteiger partial charge in [-0.15, -0.1) is 12.4 Å². The summed E-state index contributed by atoms with van der Waals surface area (Å²) in [4.78, 5) is 38.8. The fourth-order valence-electron chi connectivity index (χ4n) is 2.69. The van der Waals surface area contributed by atoms with E-state index in [-0.39, 0.29) is 18.3 Å². The van der Waals surface area contributed by atoms with Gasteiger partial charge < -0.3 is 14.4 Å². The van der Waals surface area contributed by atoms with Crippen LogP contribution in [0.15, 0.2) is 24.3 Å². The van der Waals surface area contributed by atoms with E-state index in [1.807, 2.05) is 0 Å². The third-order valence-corrected chi connectivity index (χ3v) is 4.36. The van der Waals surface area contributed by atoms with Crippen LogP contribution in [-0.4, -0.2) is 60.9 Å². The number of halogens is 1. The largest absolute Gasteiger partial charge is 0.478 e. The number of hydrogen-bond acceptors (Lipinski definition) is 6. The van der Waals surface area contributed by atoms with Gasteiger partial charge >= 0.3 is 12.0 Å². The van der Waals surface area contributed by atoms with E-state index in [0.717, 1.165) is 4.90 Å². The molecule has 1 N–H and O–H groups in total. The third kappa shape index (κ3) is 3.50. The summed E-state index contributed by atoms with van der Waals surface area (Å²) in [5, 5.41) is 7.79. The van der Waals surface area contributed by atoms with Crippen molar-refractivity contribution in [3.05, 3.63) is 35.4 Å². The number of amides is 3. The van der Waals surface area contributed by atoms with Gasteiger partial charge in [-0.3, -0.25) is 19.9 Å². The first-order valence-corrected chi connectivity index (χ1v) is 7.76. The Bertz CT molecular complexity index is 722. The average molecular weight is 384 g/mol. The normalized spacial score (nSPS) is 19.2. The number of carbonyl (C=O) groups is 3. The predicted molar refractivity (Wildman–Crippen MR) is 96.4 cm³/mol. The summed E-state index contributed by atoms with van der Waals surface area (Å²) in [5.41, 5.74) is -0.0916. The van der Waals surface area contributed by atoms with Crippen LogP contribution in [0.1, 0.15) is 25.0 Å². The summed E-state index contributed by atoms with van der Waals surface area (Å²) in [7, 11) is 2.70. The van der Waals surface area contributed by atoms with E-state index in [1.165, 1.54) is 19.1 Å². The Morgan fingerprint density at radius 2 is 1.81 bits per heavy atom. The van der Waals surface area contributed by atoms with Crippen LogP contribution >= 0.6 is 12.4 Å². The van der Waals surface area contributed by atoms with Crippen LogP contribution in [0.2, 0.25) is 0 Å². The Labute approximate surface area is 158 Å². The van der Waals surface area contributed by atoms with Gasteiger partial charge in [0.2, 0.25) is 5.90 Å². The van der Waals surface area contributed by atoms with Crippen LogP contribution in [-0.2, 0) is 24.6 Å². The number of carbonyl (C=O) groups excluding carboxylic acids is 3. The zero-order valence-corrected chi connectivity index (χ0v) is 15.9. The van der Waals surface area contributed by atoms with Crippen molar-refractivity contribution < 1.29 is 23.9 Å². The van der Waals surface area contributed by atoms with Gasteiger partial charge in [0, 0.05) is 12.6 Å². The number of imide groups is 1. The second-order valence-corrected chi connectivity index (χ2v) is 5.72. The number of hydrogen-bond donors (Lipinski definition) is 1. The predicted octanol–water partition coefficient (Wildman–Crippen LogP) is 1.75. The van der Waals surface area contributed by atoms with E-state index in [2.05, 4.69) is 4.74 Å². The monoisotopic (exact) mass is 383 g/mol. The molecule has 2 rings (SSSR count). The Morgan fingerprint density at radius 3 is 2.31 bits per heavy atom. The molecule has 0 aliphatic carbocycles. The van der Waals surface area contributed by atoms with Crippen molar-refractivity contribution in [2.75, 3.05) is 27.3 Å². The molecule has 8 nitrogen and oxygen atoms in total. The molecule has 1 atom stereocenters. The summed E-state index contributed by atoms with van der Waals surface area (Å²) in [5.74, 6) is -1.13. The molecule has 1 fully saturated rings. The number of esters is 1. The number of benzene rings is 1. The Morgan fingerprint density at radius 1 is 1.23 bits per heavy atom.